The molecule has 0 spiro atoms. The molecule has 0 unspecified atom stereocenters. The van der Waals surface area contributed by atoms with Crippen molar-refractivity contribution < 1.29 is 4.74 Å². The molecular weight excluding hydrogens is 112 g/mol. The second kappa shape index (κ2) is 3.89. The third kappa shape index (κ3) is 2.35. The Bertz CT molecular complexity index is 67.0. The van der Waals surface area contributed by atoms with E-state index < -0.39 is 0 Å². The maximum atomic E-state index is 4.96. The van der Waals surface area contributed by atoms with E-state index in [1.165, 1.54) is 32.1 Å². The summed E-state index contributed by atoms with van der Waals surface area (Å²) in [5.74, 6) is 1.06. The van der Waals surface area contributed by atoms with Crippen LogP contribution in [0, 0.1) is 5.92 Å². The van der Waals surface area contributed by atoms with Crippen LogP contribution in [0.25, 0.3) is 0 Å². The van der Waals surface area contributed by atoms with Crippen LogP contribution < -0.4 is 0 Å². The lowest BCUT2D eigenvalue weighted by atomic mass is 9.82. The Kier molecular flexibility index (Phi) is 3.05. The molecule has 0 amide bonds. The topological polar surface area (TPSA) is 9.23 Å². The van der Waals surface area contributed by atoms with Crippen LogP contribution in [-0.2, 0) is 4.74 Å². The molecule has 0 aromatic rings. The van der Waals surface area contributed by atoms with Crippen molar-refractivity contribution in [2.45, 2.75) is 32.1 Å². The van der Waals surface area contributed by atoms with E-state index in [0.717, 1.165) is 12.5 Å². The number of ether oxygens (including phenoxy) is 1. The Labute approximate surface area is 57.4 Å². The molecule has 0 heterocycles. The fourth-order valence-electron chi connectivity index (χ4n) is 1.30. The molecule has 1 rings (SSSR count). The Balaban J connectivity index is 1.80. The third-order valence-corrected chi connectivity index (χ3v) is 2.19. The van der Waals surface area contributed by atoms with Gasteiger partial charge in [-0.05, 0) is 18.8 Å². The van der Waals surface area contributed by atoms with E-state index in [4.69, 9.17) is 4.74 Å². The van der Waals surface area contributed by atoms with Crippen molar-refractivity contribution in [3.8, 4) is 0 Å². The van der Waals surface area contributed by atoms with Crippen LogP contribution in [0.15, 0.2) is 0 Å². The van der Waals surface area contributed by atoms with Gasteiger partial charge >= 0.3 is 0 Å². The van der Waals surface area contributed by atoms with Gasteiger partial charge in [0.05, 0.1) is 0 Å². The van der Waals surface area contributed by atoms with E-state index in [1.807, 2.05) is 0 Å². The smallest absolute Gasteiger partial charge is 0.0462 e. The molecule has 1 nitrogen and oxygen atoms in total. The summed E-state index contributed by atoms with van der Waals surface area (Å²) in [5.41, 5.74) is 0. The lowest BCUT2D eigenvalue weighted by Crippen LogP contribution is -2.11. The first-order valence-electron chi connectivity index (χ1n) is 3.92. The van der Waals surface area contributed by atoms with Gasteiger partial charge in [0.1, 0.15) is 0 Å². The fraction of sp³-hybridized carbons (Fsp3) is 1.00. The lowest BCUT2D eigenvalue weighted by Gasteiger charge is -2.24. The number of methoxy groups -OCH3 is 1. The molecule has 0 aliphatic heterocycles. The quantitative estimate of drug-likeness (QED) is 0.527. The van der Waals surface area contributed by atoms with E-state index in [2.05, 4.69) is 0 Å². The largest absolute Gasteiger partial charge is 0.385 e. The zero-order chi connectivity index (χ0) is 6.53. The molecule has 0 aromatic heterocycles. The number of rotatable bonds is 4. The molecular formula is C8H16O. The van der Waals surface area contributed by atoms with Crippen molar-refractivity contribution in [3.63, 3.8) is 0 Å². The Morgan fingerprint density at radius 3 is 2.67 bits per heavy atom. The highest BCUT2D eigenvalue weighted by molar-refractivity contribution is 4.68. The van der Waals surface area contributed by atoms with Gasteiger partial charge in [0.15, 0.2) is 0 Å². The minimum atomic E-state index is 0.955. The van der Waals surface area contributed by atoms with Gasteiger partial charge in [0.25, 0.3) is 0 Å². The predicted octanol–water partition coefficient (Wildman–Crippen LogP) is 2.21. The van der Waals surface area contributed by atoms with E-state index >= 15 is 0 Å². The summed E-state index contributed by atoms with van der Waals surface area (Å²) in [6, 6.07) is 0. The van der Waals surface area contributed by atoms with Gasteiger partial charge in [-0.3, -0.25) is 0 Å². The minimum absolute atomic E-state index is 0.955. The molecule has 1 saturated carbocycles. The highest BCUT2D eigenvalue weighted by Gasteiger charge is 2.15. The predicted molar refractivity (Wildman–Crippen MR) is 38.5 cm³/mol. The molecule has 1 aliphatic rings. The van der Waals surface area contributed by atoms with Crippen LogP contribution in [0.5, 0.6) is 0 Å². The van der Waals surface area contributed by atoms with Crippen LogP contribution in [0.1, 0.15) is 32.1 Å². The van der Waals surface area contributed by atoms with Gasteiger partial charge in [0, 0.05) is 13.7 Å². The molecule has 0 saturated heterocycles. The first-order chi connectivity index (χ1) is 4.43. The van der Waals surface area contributed by atoms with Gasteiger partial charge in [-0.25, -0.2) is 0 Å². The van der Waals surface area contributed by atoms with Crippen molar-refractivity contribution in [1.29, 1.82) is 0 Å². The second-order valence-electron chi connectivity index (χ2n) is 2.93. The average molecular weight is 128 g/mol. The highest BCUT2D eigenvalue weighted by Crippen LogP contribution is 2.30. The Hall–Kier alpha value is -0.0400. The van der Waals surface area contributed by atoms with Crippen LogP contribution in [0.2, 0.25) is 0 Å². The lowest BCUT2D eigenvalue weighted by molar-refractivity contribution is 0.175. The molecule has 0 bridgehead atoms. The van der Waals surface area contributed by atoms with Crippen molar-refractivity contribution >= 4 is 0 Å². The summed E-state index contributed by atoms with van der Waals surface area (Å²) in [7, 11) is 1.78. The summed E-state index contributed by atoms with van der Waals surface area (Å²) in [4.78, 5) is 0. The normalized spacial score (nSPS) is 19.7. The van der Waals surface area contributed by atoms with Gasteiger partial charge in [-0.1, -0.05) is 19.3 Å². The summed E-state index contributed by atoms with van der Waals surface area (Å²) >= 11 is 0. The number of hydrogen-bond donors (Lipinski definition) is 0. The average Bonchev–Trinajstić information content (AvgIpc) is 1.76. The number of hydrogen-bond acceptors (Lipinski definition) is 1. The molecule has 1 fully saturated rings. The van der Waals surface area contributed by atoms with Gasteiger partial charge < -0.3 is 4.74 Å². The SMILES string of the molecule is COCCCC1CCC1. The van der Waals surface area contributed by atoms with Gasteiger partial charge in [0.2, 0.25) is 0 Å². The monoisotopic (exact) mass is 128 g/mol. The third-order valence-electron chi connectivity index (χ3n) is 2.19. The van der Waals surface area contributed by atoms with Gasteiger partial charge in [-0.15, -0.1) is 0 Å². The van der Waals surface area contributed by atoms with Crippen molar-refractivity contribution in [2.75, 3.05) is 13.7 Å². The fourth-order valence-corrected chi connectivity index (χ4v) is 1.30. The molecule has 0 aromatic carbocycles. The van der Waals surface area contributed by atoms with Crippen LogP contribution in [0.4, 0.5) is 0 Å². The molecule has 9 heavy (non-hydrogen) atoms. The van der Waals surface area contributed by atoms with Crippen molar-refractivity contribution in [2.24, 2.45) is 5.92 Å². The van der Waals surface area contributed by atoms with Crippen LogP contribution in [0.3, 0.4) is 0 Å². The van der Waals surface area contributed by atoms with Crippen LogP contribution in [-0.4, -0.2) is 13.7 Å². The molecule has 0 N–H and O–H groups in total. The minimum Gasteiger partial charge on any atom is -0.385 e. The summed E-state index contributed by atoms with van der Waals surface area (Å²) < 4.78 is 4.96. The summed E-state index contributed by atoms with van der Waals surface area (Å²) in [5, 5.41) is 0. The maximum Gasteiger partial charge on any atom is 0.0462 e. The zero-order valence-electron chi connectivity index (χ0n) is 6.23. The Morgan fingerprint density at radius 1 is 1.44 bits per heavy atom. The van der Waals surface area contributed by atoms with E-state index in [1.54, 1.807) is 7.11 Å². The highest BCUT2D eigenvalue weighted by atomic mass is 16.5. The molecule has 1 aliphatic carbocycles. The molecule has 54 valence electrons. The van der Waals surface area contributed by atoms with Crippen molar-refractivity contribution in [1.82, 2.24) is 0 Å². The molecule has 1 heteroatoms. The molecule has 0 radical (unpaired) electrons. The first-order valence-corrected chi connectivity index (χ1v) is 3.92. The Morgan fingerprint density at radius 2 is 2.22 bits per heavy atom. The maximum absolute atomic E-state index is 4.96. The second-order valence-corrected chi connectivity index (χ2v) is 2.93. The summed E-state index contributed by atoms with van der Waals surface area (Å²) in [6.45, 7) is 0.955. The van der Waals surface area contributed by atoms with E-state index in [-0.39, 0.29) is 0 Å². The summed E-state index contributed by atoms with van der Waals surface area (Å²) in [6.07, 6.45) is 7.08. The standard InChI is InChI=1S/C8H16O/c1-9-7-3-6-8-4-2-5-8/h8H,2-7H2,1H3. The molecule has 0 atom stereocenters. The van der Waals surface area contributed by atoms with E-state index in [0.29, 0.717) is 0 Å². The zero-order valence-corrected chi connectivity index (χ0v) is 6.23. The van der Waals surface area contributed by atoms with Crippen molar-refractivity contribution in [3.05, 3.63) is 0 Å². The van der Waals surface area contributed by atoms with E-state index in [9.17, 15) is 0 Å². The van der Waals surface area contributed by atoms with Crippen LogP contribution >= 0.6 is 0 Å². The first kappa shape index (κ1) is 7.07. The van der Waals surface area contributed by atoms with Gasteiger partial charge in [-0.2, -0.15) is 0 Å².